The Morgan fingerprint density at radius 1 is 1.15 bits per heavy atom. The van der Waals surface area contributed by atoms with Crippen LogP contribution in [0.1, 0.15) is 43.4 Å². The second-order valence-corrected chi connectivity index (χ2v) is 10.3. The second-order valence-electron chi connectivity index (χ2n) is 10.3. The largest absolute Gasteiger partial charge is 0.492 e. The number of fused-ring (bicyclic) bond motifs is 1. The number of unbranched alkanes of at least 4 members (excludes halogenated alkanes) is 1. The molecule has 1 aromatic carbocycles. The lowest BCUT2D eigenvalue weighted by atomic mass is 10.1. The van der Waals surface area contributed by atoms with Crippen LogP contribution in [0.15, 0.2) is 42.5 Å². The highest BCUT2D eigenvalue weighted by atomic mass is 16.5. The summed E-state index contributed by atoms with van der Waals surface area (Å²) < 4.78 is 5.89. The SMILES string of the molecule is O=C(O)[C@H](CCN(CCCCc1ccc2c(n1)NCCC2)CCOc1ccccc1)NC(=O)N1CC[C@H](O)C1. The van der Waals surface area contributed by atoms with E-state index >= 15 is 0 Å². The Balaban J connectivity index is 1.27. The monoisotopic (exact) mass is 539 g/mol. The topological polar surface area (TPSA) is 127 Å². The van der Waals surface area contributed by atoms with Crippen LogP contribution in [-0.4, -0.2) is 95.0 Å². The number of benzene rings is 1. The molecule has 0 spiro atoms. The van der Waals surface area contributed by atoms with Gasteiger partial charge in [-0.15, -0.1) is 0 Å². The Kier molecular flexibility index (Phi) is 10.8. The van der Waals surface area contributed by atoms with Crippen LogP contribution in [-0.2, 0) is 17.6 Å². The minimum absolute atomic E-state index is 0.232. The van der Waals surface area contributed by atoms with Crippen molar-refractivity contribution >= 4 is 17.8 Å². The Labute approximate surface area is 230 Å². The van der Waals surface area contributed by atoms with Gasteiger partial charge in [-0.2, -0.15) is 0 Å². The van der Waals surface area contributed by atoms with Crippen LogP contribution in [0.2, 0.25) is 0 Å². The van der Waals surface area contributed by atoms with Crippen molar-refractivity contribution in [3.63, 3.8) is 0 Å². The van der Waals surface area contributed by atoms with Gasteiger partial charge in [-0.1, -0.05) is 24.3 Å². The van der Waals surface area contributed by atoms with Gasteiger partial charge in [0.25, 0.3) is 0 Å². The van der Waals surface area contributed by atoms with E-state index in [4.69, 9.17) is 9.72 Å². The maximum absolute atomic E-state index is 12.5. The van der Waals surface area contributed by atoms with Crippen molar-refractivity contribution in [3.05, 3.63) is 53.7 Å². The van der Waals surface area contributed by atoms with E-state index < -0.39 is 24.1 Å². The first-order valence-electron chi connectivity index (χ1n) is 14.1. The number of carbonyl (C=O) groups excluding carboxylic acids is 1. The number of carboxylic acid groups (broad SMARTS) is 1. The van der Waals surface area contributed by atoms with Gasteiger partial charge in [0.05, 0.1) is 6.10 Å². The zero-order valence-electron chi connectivity index (χ0n) is 22.6. The number of aliphatic hydroxyl groups excluding tert-OH is 1. The van der Waals surface area contributed by atoms with Gasteiger partial charge in [0.1, 0.15) is 24.2 Å². The van der Waals surface area contributed by atoms with Crippen LogP contribution >= 0.6 is 0 Å². The number of aliphatic carboxylic acids is 1. The highest BCUT2D eigenvalue weighted by molar-refractivity contribution is 5.82. The van der Waals surface area contributed by atoms with E-state index in [1.54, 1.807) is 0 Å². The lowest BCUT2D eigenvalue weighted by Gasteiger charge is -2.25. The summed E-state index contributed by atoms with van der Waals surface area (Å²) in [6.45, 7) is 4.07. The normalized spacial score (nSPS) is 17.4. The number of hydrogen-bond donors (Lipinski definition) is 4. The molecule has 2 aliphatic rings. The summed E-state index contributed by atoms with van der Waals surface area (Å²) >= 11 is 0. The first-order chi connectivity index (χ1) is 19.0. The third kappa shape index (κ3) is 9.11. The molecule has 0 bridgehead atoms. The highest BCUT2D eigenvalue weighted by Gasteiger charge is 2.28. The quantitative estimate of drug-likeness (QED) is 0.270. The number of hydrogen-bond acceptors (Lipinski definition) is 7. The Bertz CT molecular complexity index is 1070. The third-order valence-electron chi connectivity index (χ3n) is 7.31. The van der Waals surface area contributed by atoms with Crippen molar-refractivity contribution in [2.75, 3.05) is 51.2 Å². The molecule has 1 fully saturated rings. The number of para-hydroxylation sites is 1. The standard InChI is InChI=1S/C29H41N5O5/c35-24-13-18-34(21-24)29(38)32-26(28(36)37)14-17-33(19-20-39-25-9-2-1-3-10-25)16-5-4-8-23-12-11-22-7-6-15-30-27(22)31-23/h1-3,9-12,24,26,35H,4-8,13-21H2,(H,30,31)(H,32,38)(H,36,37)/t24-,26-/m0/s1. The zero-order chi connectivity index (χ0) is 27.5. The predicted molar refractivity (Wildman–Crippen MR) is 149 cm³/mol. The molecule has 39 heavy (non-hydrogen) atoms. The Morgan fingerprint density at radius 2 is 2.00 bits per heavy atom. The first-order valence-corrected chi connectivity index (χ1v) is 14.1. The van der Waals surface area contributed by atoms with E-state index in [0.717, 1.165) is 62.5 Å². The molecule has 2 aliphatic heterocycles. The van der Waals surface area contributed by atoms with Crippen LogP contribution in [0.5, 0.6) is 5.75 Å². The van der Waals surface area contributed by atoms with Gasteiger partial charge in [-0.25, -0.2) is 14.6 Å². The summed E-state index contributed by atoms with van der Waals surface area (Å²) in [5.74, 6) is 0.757. The minimum atomic E-state index is -1.06. The molecule has 10 nitrogen and oxygen atoms in total. The molecule has 4 N–H and O–H groups in total. The molecule has 1 saturated heterocycles. The summed E-state index contributed by atoms with van der Waals surface area (Å²) in [5.41, 5.74) is 2.37. The summed E-state index contributed by atoms with van der Waals surface area (Å²) in [4.78, 5) is 32.9. The number of aryl methyl sites for hydroxylation is 2. The Hall–Kier alpha value is -3.37. The zero-order valence-corrected chi connectivity index (χ0v) is 22.6. The molecule has 212 valence electrons. The van der Waals surface area contributed by atoms with E-state index in [1.807, 2.05) is 30.3 Å². The fourth-order valence-corrected chi connectivity index (χ4v) is 5.03. The number of pyridine rings is 1. The molecule has 0 unspecified atom stereocenters. The maximum atomic E-state index is 12.5. The smallest absolute Gasteiger partial charge is 0.326 e. The fourth-order valence-electron chi connectivity index (χ4n) is 5.03. The summed E-state index contributed by atoms with van der Waals surface area (Å²) in [6, 6.07) is 12.5. The number of aliphatic hydroxyl groups is 1. The molecule has 0 saturated carbocycles. The molecule has 1 aromatic heterocycles. The average Bonchev–Trinajstić information content (AvgIpc) is 3.39. The summed E-state index contributed by atoms with van der Waals surface area (Å²) in [6.07, 6.45) is 5.26. The molecule has 2 amide bonds. The predicted octanol–water partition coefficient (Wildman–Crippen LogP) is 2.76. The van der Waals surface area contributed by atoms with E-state index in [-0.39, 0.29) is 13.0 Å². The van der Waals surface area contributed by atoms with E-state index in [2.05, 4.69) is 27.7 Å². The van der Waals surface area contributed by atoms with E-state index in [9.17, 15) is 19.8 Å². The molecule has 0 radical (unpaired) electrons. The van der Waals surface area contributed by atoms with Crippen LogP contribution < -0.4 is 15.4 Å². The number of urea groups is 1. The molecule has 0 aliphatic carbocycles. The van der Waals surface area contributed by atoms with Crippen molar-refractivity contribution in [3.8, 4) is 5.75 Å². The number of aromatic nitrogens is 1. The van der Waals surface area contributed by atoms with Crippen molar-refractivity contribution < 1.29 is 24.5 Å². The number of carboxylic acids is 1. The van der Waals surface area contributed by atoms with Gasteiger partial charge < -0.3 is 30.5 Å². The molecule has 2 aromatic rings. The van der Waals surface area contributed by atoms with Crippen LogP contribution in [0.3, 0.4) is 0 Å². The van der Waals surface area contributed by atoms with Crippen LogP contribution in [0, 0.1) is 0 Å². The minimum Gasteiger partial charge on any atom is -0.492 e. The molecular formula is C29H41N5O5. The molecule has 4 rings (SSSR count). The van der Waals surface area contributed by atoms with Crippen molar-refractivity contribution in [1.82, 2.24) is 20.1 Å². The maximum Gasteiger partial charge on any atom is 0.326 e. The number of nitrogens with one attached hydrogen (secondary N) is 2. The molecule has 10 heteroatoms. The van der Waals surface area contributed by atoms with Crippen molar-refractivity contribution in [2.24, 2.45) is 0 Å². The number of likely N-dealkylation sites (tertiary alicyclic amines) is 1. The molecule has 3 heterocycles. The van der Waals surface area contributed by atoms with Gasteiger partial charge in [0, 0.05) is 38.4 Å². The van der Waals surface area contributed by atoms with Gasteiger partial charge in [0.2, 0.25) is 0 Å². The first kappa shape index (κ1) is 28.6. The molecule has 2 atom stereocenters. The van der Waals surface area contributed by atoms with Gasteiger partial charge in [-0.3, -0.25) is 4.90 Å². The number of anilines is 1. The fraction of sp³-hybridized carbons (Fsp3) is 0.552. The van der Waals surface area contributed by atoms with E-state index in [0.29, 0.717) is 32.7 Å². The van der Waals surface area contributed by atoms with Crippen LogP contribution in [0.4, 0.5) is 10.6 Å². The van der Waals surface area contributed by atoms with Gasteiger partial charge >= 0.3 is 12.0 Å². The second kappa shape index (κ2) is 14.7. The number of amides is 2. The van der Waals surface area contributed by atoms with Crippen LogP contribution in [0.25, 0.3) is 0 Å². The molecular weight excluding hydrogens is 498 g/mol. The number of rotatable bonds is 14. The number of nitrogens with zero attached hydrogens (tertiary/aromatic N) is 3. The van der Waals surface area contributed by atoms with Crippen molar-refractivity contribution in [1.29, 1.82) is 0 Å². The number of carbonyl (C=O) groups is 2. The number of ether oxygens (including phenoxy) is 1. The number of β-amino-alcohol motifs (C(OH)–C–C–N with tert-alkyl or cyclic N) is 1. The van der Waals surface area contributed by atoms with Gasteiger partial charge in [-0.05, 0) is 75.3 Å². The Morgan fingerprint density at radius 3 is 2.77 bits per heavy atom. The third-order valence-corrected chi connectivity index (χ3v) is 7.31. The van der Waals surface area contributed by atoms with E-state index in [1.165, 1.54) is 10.5 Å². The lowest BCUT2D eigenvalue weighted by Crippen LogP contribution is -2.48. The van der Waals surface area contributed by atoms with Crippen molar-refractivity contribution in [2.45, 2.75) is 57.1 Å². The summed E-state index contributed by atoms with van der Waals surface area (Å²) in [5, 5.41) is 25.5. The lowest BCUT2D eigenvalue weighted by molar-refractivity contribution is -0.139. The van der Waals surface area contributed by atoms with Gasteiger partial charge in [0.15, 0.2) is 0 Å². The highest BCUT2D eigenvalue weighted by Crippen LogP contribution is 2.20. The summed E-state index contributed by atoms with van der Waals surface area (Å²) in [7, 11) is 0. The average molecular weight is 540 g/mol.